The van der Waals surface area contributed by atoms with Gasteiger partial charge in [-0.25, -0.2) is 0 Å². The molecule has 3 rings (SSSR count). The van der Waals surface area contributed by atoms with Gasteiger partial charge in [0.1, 0.15) is 0 Å². The molecular weight excluding hydrogens is 550 g/mol. The number of rotatable bonds is 25. The molecule has 2 saturated carbocycles. The topological polar surface area (TPSA) is 21.7 Å². The third-order valence-corrected chi connectivity index (χ3v) is 10.4. The minimum atomic E-state index is -0.242. The Kier molecular flexibility index (Phi) is 19.9. The molecule has 0 bridgehead atoms. The van der Waals surface area contributed by atoms with Crippen LogP contribution >= 0.6 is 0 Å². The minimum Gasteiger partial charge on any atom is -0.347 e. The van der Waals surface area contributed by atoms with Gasteiger partial charge in [-0.2, -0.15) is 0 Å². The van der Waals surface area contributed by atoms with E-state index in [1.54, 1.807) is 0 Å². The van der Waals surface area contributed by atoms with Crippen molar-refractivity contribution in [1.82, 2.24) is 4.90 Å². The van der Waals surface area contributed by atoms with Crippen molar-refractivity contribution in [2.24, 2.45) is 10.8 Å². The molecule has 3 fully saturated rings. The highest BCUT2D eigenvalue weighted by molar-refractivity contribution is 5.14. The summed E-state index contributed by atoms with van der Waals surface area (Å²) in [5.41, 5.74) is 1.07. The van der Waals surface area contributed by atoms with Gasteiger partial charge in [0.25, 0.3) is 0 Å². The van der Waals surface area contributed by atoms with Crippen LogP contribution in [0, 0.1) is 10.8 Å². The fraction of sp³-hybridized carbons (Fsp3) is 0.810. The lowest BCUT2D eigenvalue weighted by Gasteiger charge is -2.66. The van der Waals surface area contributed by atoms with Crippen LogP contribution in [0.4, 0.5) is 0 Å². The molecule has 3 aliphatic rings. The zero-order chi connectivity index (χ0) is 31.4. The van der Waals surface area contributed by atoms with E-state index in [-0.39, 0.29) is 19.3 Å². The van der Waals surface area contributed by atoms with E-state index in [0.29, 0.717) is 10.8 Å². The monoisotopic (exact) mass is 626 g/mol. The van der Waals surface area contributed by atoms with Gasteiger partial charge in [0.2, 0.25) is 0 Å². The van der Waals surface area contributed by atoms with Gasteiger partial charge in [-0.15, -0.1) is 0 Å². The van der Waals surface area contributed by atoms with Crippen LogP contribution in [-0.2, 0) is 9.47 Å². The van der Waals surface area contributed by atoms with E-state index < -0.39 is 0 Å². The van der Waals surface area contributed by atoms with Gasteiger partial charge in [-0.3, -0.25) is 0 Å². The molecule has 0 aromatic heterocycles. The van der Waals surface area contributed by atoms with Crippen LogP contribution in [-0.4, -0.2) is 44.0 Å². The number of allylic oxidation sites excluding steroid dienone is 8. The average Bonchev–Trinajstić information content (AvgIpc) is 3.40. The number of nitrogens with zero attached hydrogens (tertiary/aromatic N) is 1. The molecule has 1 unspecified atom stereocenters. The van der Waals surface area contributed by atoms with Crippen molar-refractivity contribution in [2.45, 2.75) is 181 Å². The Hall–Kier alpha value is -1.16. The molecule has 1 saturated heterocycles. The van der Waals surface area contributed by atoms with E-state index in [2.05, 4.69) is 81.5 Å². The molecule has 45 heavy (non-hydrogen) atoms. The van der Waals surface area contributed by atoms with E-state index in [1.807, 2.05) is 0 Å². The van der Waals surface area contributed by atoms with Crippen molar-refractivity contribution in [3.63, 3.8) is 0 Å². The lowest BCUT2D eigenvalue weighted by atomic mass is 9.41. The van der Waals surface area contributed by atoms with E-state index in [0.717, 1.165) is 45.3 Å². The highest BCUT2D eigenvalue weighted by Crippen LogP contribution is 2.71. The minimum absolute atomic E-state index is 0. The second-order valence-corrected chi connectivity index (χ2v) is 15.1. The zero-order valence-corrected chi connectivity index (χ0v) is 29.6. The van der Waals surface area contributed by atoms with Crippen molar-refractivity contribution in [3.8, 4) is 0 Å². The summed E-state index contributed by atoms with van der Waals surface area (Å²) in [5, 5.41) is 0. The zero-order valence-electron chi connectivity index (χ0n) is 29.6. The molecule has 260 valence electrons. The second kappa shape index (κ2) is 22.4. The van der Waals surface area contributed by atoms with Crippen molar-refractivity contribution < 1.29 is 9.47 Å². The van der Waals surface area contributed by atoms with Crippen molar-refractivity contribution in [1.29, 1.82) is 0 Å². The van der Waals surface area contributed by atoms with Crippen LogP contribution in [0.3, 0.4) is 0 Å². The maximum atomic E-state index is 6.52. The van der Waals surface area contributed by atoms with Crippen molar-refractivity contribution in [2.75, 3.05) is 27.2 Å². The number of unbranched alkanes of at least 4 members (excludes halogenated alkanes) is 10. The first-order valence-corrected chi connectivity index (χ1v) is 19.0. The molecule has 0 amide bonds. The number of hydrogen-bond donors (Lipinski definition) is 0. The standard InChI is InChI=1S/C41H71NO2.CH4/c1-5-7-9-11-13-15-17-19-21-23-25-27-30-39(31-28-26-24-22-20-18-16-14-12-10-8-6-2)34-40(35-39)36-41(37-40)43-33-38(44-41)29-32-42(3)4;/h13-16,19-22,38H,5-12,17-18,23-37H2,1-4H3;1H4/b15-13-,16-14-,21-19-,22-20-;. The summed E-state index contributed by atoms with van der Waals surface area (Å²) < 4.78 is 12.8. The quantitative estimate of drug-likeness (QED) is 0.0744. The Labute approximate surface area is 281 Å². The fourth-order valence-electron chi connectivity index (χ4n) is 8.27. The van der Waals surface area contributed by atoms with Gasteiger partial charge in [-0.05, 0) is 121 Å². The molecule has 0 N–H and O–H groups in total. The second-order valence-electron chi connectivity index (χ2n) is 15.1. The third-order valence-electron chi connectivity index (χ3n) is 10.4. The molecule has 1 heterocycles. The molecule has 0 aromatic carbocycles. The Morgan fingerprint density at radius 1 is 0.622 bits per heavy atom. The predicted octanol–water partition coefficient (Wildman–Crippen LogP) is 12.5. The van der Waals surface area contributed by atoms with E-state index in [9.17, 15) is 0 Å². The average molecular weight is 626 g/mol. The van der Waals surface area contributed by atoms with Crippen molar-refractivity contribution in [3.05, 3.63) is 48.6 Å². The lowest BCUT2D eigenvalue weighted by molar-refractivity contribution is -0.308. The first kappa shape index (κ1) is 40.0. The summed E-state index contributed by atoms with van der Waals surface area (Å²) in [4.78, 5) is 2.25. The normalized spacial score (nSPS) is 21.6. The fourth-order valence-corrected chi connectivity index (χ4v) is 8.27. The van der Waals surface area contributed by atoms with Gasteiger partial charge in [0.05, 0.1) is 12.7 Å². The SMILES string of the molecule is C.CCCCC/C=C\C/C=C\CCCCC1(CCCC/C=C\C/C=C\CCCCC)CC2(C1)CC1(C2)OCC(CCN(C)C)O1. The van der Waals surface area contributed by atoms with Crippen LogP contribution in [0.15, 0.2) is 48.6 Å². The molecule has 0 aromatic rings. The first-order valence-electron chi connectivity index (χ1n) is 19.0. The predicted molar refractivity (Wildman–Crippen MR) is 198 cm³/mol. The molecular formula is C42H75NO2. The molecule has 3 heteroatoms. The van der Waals surface area contributed by atoms with Gasteiger partial charge in [0, 0.05) is 19.4 Å². The Balaban J connectivity index is 0.00000705. The first-order chi connectivity index (χ1) is 21.4. The molecule has 0 radical (unpaired) electrons. The summed E-state index contributed by atoms with van der Waals surface area (Å²) in [6.07, 6.45) is 49.0. The molecule has 2 spiro atoms. The summed E-state index contributed by atoms with van der Waals surface area (Å²) in [5.74, 6) is -0.242. The summed E-state index contributed by atoms with van der Waals surface area (Å²) >= 11 is 0. The summed E-state index contributed by atoms with van der Waals surface area (Å²) in [7, 11) is 4.29. The highest BCUT2D eigenvalue weighted by atomic mass is 16.7. The van der Waals surface area contributed by atoms with Crippen LogP contribution in [0.5, 0.6) is 0 Å². The van der Waals surface area contributed by atoms with Crippen LogP contribution in [0.25, 0.3) is 0 Å². The summed E-state index contributed by atoms with van der Waals surface area (Å²) in [6, 6.07) is 0. The van der Waals surface area contributed by atoms with E-state index in [1.165, 1.54) is 116 Å². The van der Waals surface area contributed by atoms with Gasteiger partial charge in [-0.1, -0.05) is 108 Å². The van der Waals surface area contributed by atoms with Gasteiger partial charge >= 0.3 is 0 Å². The Bertz CT molecular complexity index is 812. The summed E-state index contributed by atoms with van der Waals surface area (Å²) in [6.45, 7) is 6.42. The third kappa shape index (κ3) is 15.1. The van der Waals surface area contributed by atoms with E-state index >= 15 is 0 Å². The molecule has 1 aliphatic heterocycles. The number of hydrogen-bond acceptors (Lipinski definition) is 3. The lowest BCUT2D eigenvalue weighted by Crippen LogP contribution is -2.62. The largest absolute Gasteiger partial charge is 0.347 e. The van der Waals surface area contributed by atoms with Crippen LogP contribution in [0.1, 0.15) is 169 Å². The molecule has 1 atom stereocenters. The smallest absolute Gasteiger partial charge is 0.169 e. The van der Waals surface area contributed by atoms with Crippen molar-refractivity contribution >= 4 is 0 Å². The van der Waals surface area contributed by atoms with Crippen LogP contribution in [0.2, 0.25) is 0 Å². The Morgan fingerprint density at radius 3 is 1.53 bits per heavy atom. The molecule has 2 aliphatic carbocycles. The molecule has 3 nitrogen and oxygen atoms in total. The Morgan fingerprint density at radius 2 is 1.09 bits per heavy atom. The van der Waals surface area contributed by atoms with Gasteiger partial charge in [0.15, 0.2) is 5.79 Å². The maximum Gasteiger partial charge on any atom is 0.169 e. The number of ether oxygens (including phenoxy) is 2. The van der Waals surface area contributed by atoms with Gasteiger partial charge < -0.3 is 14.4 Å². The maximum absolute atomic E-state index is 6.52. The highest BCUT2D eigenvalue weighted by Gasteiger charge is 2.67. The van der Waals surface area contributed by atoms with Crippen LogP contribution < -0.4 is 0 Å². The van der Waals surface area contributed by atoms with E-state index in [4.69, 9.17) is 9.47 Å².